The van der Waals surface area contributed by atoms with E-state index in [0.717, 1.165) is 22.6 Å². The van der Waals surface area contributed by atoms with Crippen LogP contribution in [0.15, 0.2) is 72.9 Å². The number of amides is 9. The summed E-state index contributed by atoms with van der Waals surface area (Å²) in [4.78, 5) is 105. The molecule has 2 heterocycles. The first-order valence-electron chi connectivity index (χ1n) is 24.2. The standard InChI is InChI=1S/C47H63FN8O9.C4H10N2O/c1-8-35-29-54(27-32-15-11-9-12-16-32)43(52-35)42(47(4,5)6)56(46(63)64-7)28-34(48)25-50-45(62)65-30-33-18-20-36(21-19-33)51-38(58)26-49-44(61)41(31(2)3)53-37(57)17-13-10-14-24-55-39(59)22-23-40(55)60;1-2-3-6-4(5)7/h9,11-12,15-16,18-23,29,31,34,41-42H,8,10,13-14,17,24-28,30H2,1-7H3,(H,49,61)(H,50,62)(H,51,58)(H,53,57);2-3H2,1H3,(H3,5,6,7). The third kappa shape index (κ3) is 20.2. The molecule has 4 rings (SSSR count). The highest BCUT2D eigenvalue weighted by Gasteiger charge is 2.40. The third-order valence-corrected chi connectivity index (χ3v) is 11.1. The highest BCUT2D eigenvalue weighted by Crippen LogP contribution is 2.39. The van der Waals surface area contributed by atoms with Gasteiger partial charge in [0.15, 0.2) is 0 Å². The molecular weight excluding hydrogens is 932 g/mol. The number of imide groups is 1. The number of hydrogen-bond donors (Lipinski definition) is 6. The Morgan fingerprint density at radius 1 is 0.861 bits per heavy atom. The van der Waals surface area contributed by atoms with Gasteiger partial charge in [-0.1, -0.05) is 97.4 Å². The lowest BCUT2D eigenvalue weighted by Crippen LogP contribution is -2.51. The smallest absolute Gasteiger partial charge is 0.410 e. The van der Waals surface area contributed by atoms with E-state index < -0.39 is 66.8 Å². The first-order valence-corrected chi connectivity index (χ1v) is 24.2. The largest absolute Gasteiger partial charge is 0.453 e. The van der Waals surface area contributed by atoms with Crippen molar-refractivity contribution in [2.45, 2.75) is 118 Å². The summed E-state index contributed by atoms with van der Waals surface area (Å²) in [5.41, 5.74) is 6.99. The van der Waals surface area contributed by atoms with Gasteiger partial charge in [-0.25, -0.2) is 23.8 Å². The first kappa shape index (κ1) is 59.0. The lowest BCUT2D eigenvalue weighted by Gasteiger charge is -2.39. The number of ether oxygens (including phenoxy) is 2. The van der Waals surface area contributed by atoms with Crippen LogP contribution in [0, 0.1) is 11.3 Å². The molecule has 21 heteroatoms. The van der Waals surface area contributed by atoms with Crippen LogP contribution < -0.4 is 32.3 Å². The number of aryl methyl sites for hydroxylation is 1. The molecule has 1 aromatic heterocycles. The summed E-state index contributed by atoms with van der Waals surface area (Å²) in [6.07, 6.45) is 4.52. The molecular formula is C51H73FN10O10. The summed E-state index contributed by atoms with van der Waals surface area (Å²) in [6, 6.07) is 14.2. The van der Waals surface area contributed by atoms with Gasteiger partial charge in [0.25, 0.3) is 11.8 Å². The van der Waals surface area contributed by atoms with Crippen molar-refractivity contribution in [1.29, 1.82) is 0 Å². The SMILES string of the molecule is CCCNC(N)=O.CCc1cn(Cc2ccccc2)c(C(N(CC(F)CNC(=O)OCc2ccc(NC(=O)CNC(=O)C(NC(=O)CCCCCN3C(=O)C=CC3=O)C(C)C)cc2)C(=O)OC)C(C)(C)C)n1. The van der Waals surface area contributed by atoms with Gasteiger partial charge < -0.3 is 46.4 Å². The minimum absolute atomic E-state index is 0.154. The summed E-state index contributed by atoms with van der Waals surface area (Å²) in [5.74, 6) is -1.72. The molecule has 9 amide bonds. The minimum Gasteiger partial charge on any atom is -0.453 e. The van der Waals surface area contributed by atoms with Crippen LogP contribution in [0.4, 0.5) is 24.5 Å². The summed E-state index contributed by atoms with van der Waals surface area (Å²) in [6.45, 7) is 13.4. The average molecular weight is 1010 g/mol. The second kappa shape index (κ2) is 29.8. The number of nitrogens with one attached hydrogen (secondary N) is 5. The predicted molar refractivity (Wildman–Crippen MR) is 269 cm³/mol. The number of imidazole rings is 1. The van der Waals surface area contributed by atoms with E-state index >= 15 is 4.39 Å². The molecule has 2 aromatic carbocycles. The van der Waals surface area contributed by atoms with Crippen molar-refractivity contribution >= 4 is 53.4 Å². The predicted octanol–water partition coefficient (Wildman–Crippen LogP) is 5.66. The molecule has 0 saturated heterocycles. The number of halogens is 1. The number of unbranched alkanes of at least 4 members (excludes halogenated alkanes) is 2. The molecule has 0 radical (unpaired) electrons. The van der Waals surface area contributed by atoms with E-state index in [9.17, 15) is 38.4 Å². The second-order valence-corrected chi connectivity index (χ2v) is 18.5. The Bertz CT molecular complexity index is 2280. The highest BCUT2D eigenvalue weighted by molar-refractivity contribution is 6.12. The molecule has 0 fully saturated rings. The molecule has 3 unspecified atom stereocenters. The number of urea groups is 1. The fourth-order valence-corrected chi connectivity index (χ4v) is 7.43. The number of nitrogens with two attached hydrogens (primary N) is 1. The van der Waals surface area contributed by atoms with Gasteiger partial charge >= 0.3 is 18.2 Å². The van der Waals surface area contributed by atoms with Crippen molar-refractivity contribution in [2.24, 2.45) is 17.1 Å². The van der Waals surface area contributed by atoms with Crippen LogP contribution in [-0.2, 0) is 53.0 Å². The van der Waals surface area contributed by atoms with Crippen molar-refractivity contribution in [3.8, 4) is 0 Å². The van der Waals surface area contributed by atoms with E-state index in [1.165, 1.54) is 24.2 Å². The maximum atomic E-state index is 15.7. The molecule has 3 atom stereocenters. The van der Waals surface area contributed by atoms with Crippen LogP contribution in [0.25, 0.3) is 0 Å². The molecule has 1 aliphatic rings. The lowest BCUT2D eigenvalue weighted by molar-refractivity contribution is -0.137. The number of benzene rings is 2. The lowest BCUT2D eigenvalue weighted by atomic mass is 9.84. The Kier molecular flexibility index (Phi) is 24.4. The fourth-order valence-electron chi connectivity index (χ4n) is 7.43. The molecule has 7 N–H and O–H groups in total. The molecule has 0 spiro atoms. The zero-order chi connectivity index (χ0) is 53.4. The van der Waals surface area contributed by atoms with Gasteiger partial charge in [-0.05, 0) is 60.3 Å². The summed E-state index contributed by atoms with van der Waals surface area (Å²) >= 11 is 0. The number of anilines is 1. The number of alkyl carbamates (subject to hydrolysis) is 1. The van der Waals surface area contributed by atoms with Crippen molar-refractivity contribution < 1.29 is 52.2 Å². The van der Waals surface area contributed by atoms with Crippen molar-refractivity contribution in [1.82, 2.24) is 40.6 Å². The van der Waals surface area contributed by atoms with Gasteiger partial charge in [0.1, 0.15) is 24.6 Å². The van der Waals surface area contributed by atoms with Gasteiger partial charge in [-0.2, -0.15) is 0 Å². The summed E-state index contributed by atoms with van der Waals surface area (Å²) in [5, 5.41) is 12.8. The van der Waals surface area contributed by atoms with Crippen molar-refractivity contribution in [3.63, 3.8) is 0 Å². The van der Waals surface area contributed by atoms with Crippen molar-refractivity contribution in [2.75, 3.05) is 45.2 Å². The van der Waals surface area contributed by atoms with Gasteiger partial charge in [0, 0.05) is 50.1 Å². The molecule has 0 bridgehead atoms. The van der Waals surface area contributed by atoms with Crippen LogP contribution in [0.1, 0.15) is 109 Å². The number of nitrogens with zero attached hydrogens (tertiary/aromatic N) is 4. The Morgan fingerprint density at radius 2 is 1.53 bits per heavy atom. The zero-order valence-electron chi connectivity index (χ0n) is 42.8. The number of alkyl halides is 1. The van der Waals surface area contributed by atoms with Crippen LogP contribution in [0.2, 0.25) is 0 Å². The molecule has 394 valence electrons. The van der Waals surface area contributed by atoms with Crippen LogP contribution in [0.5, 0.6) is 0 Å². The van der Waals surface area contributed by atoms with E-state index in [1.54, 1.807) is 38.1 Å². The molecule has 0 aliphatic carbocycles. The van der Waals surface area contributed by atoms with E-state index in [-0.39, 0.29) is 49.8 Å². The van der Waals surface area contributed by atoms with Gasteiger partial charge in [-0.3, -0.25) is 33.8 Å². The molecule has 0 saturated carbocycles. The molecule has 1 aliphatic heterocycles. The molecule has 20 nitrogen and oxygen atoms in total. The fraction of sp³-hybridized carbons (Fsp3) is 0.510. The van der Waals surface area contributed by atoms with Gasteiger partial charge in [-0.15, -0.1) is 0 Å². The highest BCUT2D eigenvalue weighted by atomic mass is 19.1. The average Bonchev–Trinajstić information content (AvgIpc) is 3.89. The topological polar surface area (TPSA) is 265 Å². The zero-order valence-corrected chi connectivity index (χ0v) is 42.8. The second-order valence-electron chi connectivity index (χ2n) is 18.5. The third-order valence-electron chi connectivity index (χ3n) is 11.1. The first-order chi connectivity index (χ1) is 34.2. The van der Waals surface area contributed by atoms with Crippen LogP contribution in [-0.4, -0.2) is 119 Å². The van der Waals surface area contributed by atoms with Gasteiger partial charge in [0.05, 0.1) is 38.5 Å². The van der Waals surface area contributed by atoms with E-state index in [1.807, 2.05) is 75.7 Å². The number of methoxy groups -OCH3 is 1. The van der Waals surface area contributed by atoms with E-state index in [0.29, 0.717) is 55.8 Å². The van der Waals surface area contributed by atoms with Crippen LogP contribution in [0.3, 0.4) is 0 Å². The Morgan fingerprint density at radius 3 is 2.10 bits per heavy atom. The Hall–Kier alpha value is -7.32. The number of aromatic nitrogens is 2. The van der Waals surface area contributed by atoms with Crippen molar-refractivity contribution in [3.05, 3.63) is 95.6 Å². The maximum absolute atomic E-state index is 15.7. The minimum atomic E-state index is -1.69. The molecule has 72 heavy (non-hydrogen) atoms. The van der Waals surface area contributed by atoms with E-state index in [4.69, 9.17) is 20.2 Å². The van der Waals surface area contributed by atoms with Crippen LogP contribution >= 0.6 is 0 Å². The number of hydrogen-bond acceptors (Lipinski definition) is 11. The summed E-state index contributed by atoms with van der Waals surface area (Å²) in [7, 11) is 1.24. The Balaban J connectivity index is 0.00000181. The quantitative estimate of drug-likeness (QED) is 0.0446. The maximum Gasteiger partial charge on any atom is 0.410 e. The molecule has 3 aromatic rings. The number of carbonyl (C=O) groups is 8. The Labute approximate surface area is 421 Å². The number of rotatable bonds is 25. The van der Waals surface area contributed by atoms with Gasteiger partial charge in [0.2, 0.25) is 17.7 Å². The summed E-state index contributed by atoms with van der Waals surface area (Å²) < 4.78 is 28.1. The number of carbonyl (C=O) groups excluding carboxylic acids is 8. The number of primary amides is 1. The normalized spacial score (nSPS) is 13.3. The monoisotopic (exact) mass is 1000 g/mol. The van der Waals surface area contributed by atoms with E-state index in [2.05, 4.69) is 26.6 Å².